The smallest absolute Gasteiger partial charge is 0.246 e. The first-order valence-electron chi connectivity index (χ1n) is 8.71. The van der Waals surface area contributed by atoms with Crippen molar-refractivity contribution in [3.63, 3.8) is 0 Å². The van der Waals surface area contributed by atoms with Gasteiger partial charge in [-0.05, 0) is 19.3 Å². The number of aliphatic hydroxyl groups is 1. The van der Waals surface area contributed by atoms with Crippen LogP contribution in [0.4, 0.5) is 0 Å². The van der Waals surface area contributed by atoms with Crippen molar-refractivity contribution in [1.82, 2.24) is 15.1 Å². The number of piperidine rings is 1. The molecule has 136 valence electrons. The Labute approximate surface area is 143 Å². The van der Waals surface area contributed by atoms with E-state index in [0.29, 0.717) is 25.9 Å². The van der Waals surface area contributed by atoms with Crippen molar-refractivity contribution in [3.8, 4) is 0 Å². The summed E-state index contributed by atoms with van der Waals surface area (Å²) in [5, 5.41) is 13.2. The summed E-state index contributed by atoms with van der Waals surface area (Å²) in [5.74, 6) is -0.154. The second-order valence-electron chi connectivity index (χ2n) is 6.58. The number of ether oxygens (including phenoxy) is 1. The number of β-amino-alcohol motifs (C(OH)–C–C–N with tert-alkyl or cyclic N) is 1. The highest BCUT2D eigenvalue weighted by Gasteiger charge is 2.34. The zero-order valence-corrected chi connectivity index (χ0v) is 14.5. The van der Waals surface area contributed by atoms with Gasteiger partial charge in [0.2, 0.25) is 11.8 Å². The SMILES string of the molecule is CNC(=O)CCC1(O)CCCN(C(=O)/C=C/CN2CCOCC2)C1. The average molecular weight is 339 g/mol. The zero-order valence-electron chi connectivity index (χ0n) is 14.5. The van der Waals surface area contributed by atoms with E-state index in [0.717, 1.165) is 39.3 Å². The number of hydrogen-bond donors (Lipinski definition) is 2. The highest BCUT2D eigenvalue weighted by Crippen LogP contribution is 2.26. The van der Waals surface area contributed by atoms with Gasteiger partial charge in [-0.15, -0.1) is 0 Å². The Balaban J connectivity index is 1.79. The molecule has 2 aliphatic heterocycles. The van der Waals surface area contributed by atoms with Crippen LogP contribution in [0.25, 0.3) is 0 Å². The van der Waals surface area contributed by atoms with E-state index in [2.05, 4.69) is 10.2 Å². The van der Waals surface area contributed by atoms with E-state index < -0.39 is 5.60 Å². The van der Waals surface area contributed by atoms with E-state index in [-0.39, 0.29) is 18.2 Å². The third-order valence-electron chi connectivity index (χ3n) is 4.69. The topological polar surface area (TPSA) is 82.1 Å². The molecule has 0 aromatic carbocycles. The molecule has 0 aromatic rings. The minimum Gasteiger partial charge on any atom is -0.388 e. The Hall–Kier alpha value is -1.44. The fraction of sp³-hybridized carbons (Fsp3) is 0.765. The maximum absolute atomic E-state index is 12.3. The van der Waals surface area contributed by atoms with E-state index >= 15 is 0 Å². The highest BCUT2D eigenvalue weighted by molar-refractivity contribution is 5.87. The highest BCUT2D eigenvalue weighted by atomic mass is 16.5. The van der Waals surface area contributed by atoms with Gasteiger partial charge in [-0.1, -0.05) is 6.08 Å². The third kappa shape index (κ3) is 5.89. The first-order valence-corrected chi connectivity index (χ1v) is 8.71. The molecule has 0 saturated carbocycles. The van der Waals surface area contributed by atoms with Crippen molar-refractivity contribution >= 4 is 11.8 Å². The van der Waals surface area contributed by atoms with E-state index in [1.165, 1.54) is 0 Å². The molecule has 0 spiro atoms. The van der Waals surface area contributed by atoms with Crippen molar-refractivity contribution in [1.29, 1.82) is 0 Å². The quantitative estimate of drug-likeness (QED) is 0.653. The molecule has 0 bridgehead atoms. The van der Waals surface area contributed by atoms with Crippen LogP contribution in [0, 0.1) is 0 Å². The molecule has 2 amide bonds. The maximum atomic E-state index is 12.3. The summed E-state index contributed by atoms with van der Waals surface area (Å²) in [5.41, 5.74) is -0.960. The van der Waals surface area contributed by atoms with Gasteiger partial charge in [-0.3, -0.25) is 14.5 Å². The standard InChI is InChI=1S/C17H29N3O4/c1-18-15(21)5-7-17(23)6-3-9-20(14-17)16(22)4-2-8-19-10-12-24-13-11-19/h2,4,23H,3,5-14H2,1H3,(H,18,21)/b4-2+. The van der Waals surface area contributed by atoms with Gasteiger partial charge >= 0.3 is 0 Å². The molecular formula is C17H29N3O4. The summed E-state index contributed by atoms with van der Waals surface area (Å²) in [6.07, 6.45) is 5.53. The summed E-state index contributed by atoms with van der Waals surface area (Å²) >= 11 is 0. The Morgan fingerprint density at radius 2 is 2.04 bits per heavy atom. The van der Waals surface area contributed by atoms with E-state index in [4.69, 9.17) is 4.74 Å². The number of likely N-dealkylation sites (tertiary alicyclic amines) is 1. The minimum absolute atomic E-state index is 0.0682. The third-order valence-corrected chi connectivity index (χ3v) is 4.69. The van der Waals surface area contributed by atoms with E-state index in [9.17, 15) is 14.7 Å². The second-order valence-corrected chi connectivity index (χ2v) is 6.58. The maximum Gasteiger partial charge on any atom is 0.246 e. The normalized spacial score (nSPS) is 25.8. The Bertz CT molecular complexity index is 463. The lowest BCUT2D eigenvalue weighted by Crippen LogP contribution is -2.50. The van der Waals surface area contributed by atoms with Crippen molar-refractivity contribution in [3.05, 3.63) is 12.2 Å². The minimum atomic E-state index is -0.960. The van der Waals surface area contributed by atoms with E-state index in [1.54, 1.807) is 18.0 Å². The predicted octanol–water partition coefficient (Wildman–Crippen LogP) is -0.245. The van der Waals surface area contributed by atoms with Crippen LogP contribution in [-0.2, 0) is 14.3 Å². The molecule has 2 fully saturated rings. The van der Waals surface area contributed by atoms with Crippen LogP contribution in [0.5, 0.6) is 0 Å². The van der Waals surface area contributed by atoms with Crippen molar-refractivity contribution < 1.29 is 19.4 Å². The van der Waals surface area contributed by atoms with Gasteiger partial charge in [-0.25, -0.2) is 0 Å². The Morgan fingerprint density at radius 3 is 2.75 bits per heavy atom. The number of amides is 2. The summed E-state index contributed by atoms with van der Waals surface area (Å²) in [4.78, 5) is 27.6. The Morgan fingerprint density at radius 1 is 1.29 bits per heavy atom. The molecule has 7 heteroatoms. The van der Waals surface area contributed by atoms with Gasteiger partial charge in [0.05, 0.1) is 18.8 Å². The fourth-order valence-corrected chi connectivity index (χ4v) is 3.17. The van der Waals surface area contributed by atoms with Gasteiger partial charge in [0.15, 0.2) is 0 Å². The molecule has 1 unspecified atom stereocenters. The van der Waals surface area contributed by atoms with Crippen LogP contribution < -0.4 is 5.32 Å². The number of rotatable bonds is 6. The van der Waals surface area contributed by atoms with Crippen molar-refractivity contribution in [2.45, 2.75) is 31.3 Å². The number of hydrogen-bond acceptors (Lipinski definition) is 5. The number of nitrogens with one attached hydrogen (secondary N) is 1. The average Bonchev–Trinajstić information content (AvgIpc) is 2.60. The summed E-state index contributed by atoms with van der Waals surface area (Å²) in [6, 6.07) is 0. The second kappa shape index (κ2) is 9.15. The molecule has 24 heavy (non-hydrogen) atoms. The van der Waals surface area contributed by atoms with E-state index in [1.807, 2.05) is 6.08 Å². The van der Waals surface area contributed by atoms with Crippen LogP contribution >= 0.6 is 0 Å². The first kappa shape index (κ1) is 18.9. The van der Waals surface area contributed by atoms with Gasteiger partial charge in [0.25, 0.3) is 0 Å². The molecule has 2 heterocycles. The lowest BCUT2D eigenvalue weighted by atomic mass is 9.88. The Kier molecular flexibility index (Phi) is 7.20. The van der Waals surface area contributed by atoms with Crippen LogP contribution in [0.3, 0.4) is 0 Å². The molecule has 0 aliphatic carbocycles. The largest absolute Gasteiger partial charge is 0.388 e. The molecule has 0 aromatic heterocycles. The number of nitrogens with zero attached hydrogens (tertiary/aromatic N) is 2. The zero-order chi connectivity index (χ0) is 17.4. The predicted molar refractivity (Wildman–Crippen MR) is 90.5 cm³/mol. The number of morpholine rings is 1. The van der Waals surface area contributed by atoms with Crippen LogP contribution in [0.1, 0.15) is 25.7 Å². The molecule has 2 aliphatic rings. The van der Waals surface area contributed by atoms with Gasteiger partial charge in [0, 0.05) is 52.3 Å². The molecule has 0 radical (unpaired) electrons. The summed E-state index contributed by atoms with van der Waals surface area (Å²) in [7, 11) is 1.59. The number of carbonyl (C=O) groups is 2. The van der Waals surface area contributed by atoms with Gasteiger partial charge < -0.3 is 20.1 Å². The molecule has 2 rings (SSSR count). The van der Waals surface area contributed by atoms with Gasteiger partial charge in [-0.2, -0.15) is 0 Å². The molecule has 2 saturated heterocycles. The fourth-order valence-electron chi connectivity index (χ4n) is 3.17. The lowest BCUT2D eigenvalue weighted by Gasteiger charge is -2.39. The first-order chi connectivity index (χ1) is 11.5. The van der Waals surface area contributed by atoms with Crippen molar-refractivity contribution in [2.24, 2.45) is 0 Å². The molecular weight excluding hydrogens is 310 g/mol. The van der Waals surface area contributed by atoms with Crippen LogP contribution in [-0.4, -0.2) is 85.3 Å². The molecule has 2 N–H and O–H groups in total. The molecule has 7 nitrogen and oxygen atoms in total. The molecule has 1 atom stereocenters. The van der Waals surface area contributed by atoms with Gasteiger partial charge in [0.1, 0.15) is 0 Å². The summed E-state index contributed by atoms with van der Waals surface area (Å²) in [6.45, 7) is 4.96. The van der Waals surface area contributed by atoms with Crippen LogP contribution in [0.2, 0.25) is 0 Å². The van der Waals surface area contributed by atoms with Crippen LogP contribution in [0.15, 0.2) is 12.2 Å². The van der Waals surface area contributed by atoms with Crippen molar-refractivity contribution in [2.75, 3.05) is 53.0 Å². The lowest BCUT2D eigenvalue weighted by molar-refractivity contribution is -0.134. The number of carbonyl (C=O) groups excluding carboxylic acids is 2. The monoisotopic (exact) mass is 339 g/mol. The summed E-state index contributed by atoms with van der Waals surface area (Å²) < 4.78 is 5.30.